The molecule has 3 aromatic rings. The molecule has 0 bridgehead atoms. The number of hydrogen-bond donors (Lipinski definition) is 0. The standard InChI is InChI=1S/C33H38ClN7O2/c1-4-30(42)41-18-17-40(20-25(41)19-35-3)32-26-14-16-39(29-13-7-10-23-9-6-12-27(34)31(23)29)21-28(26)36-33(37-32)43-22-24-11-8-15-38(24)5-2/h4,6-7,9-10,12-13,24-25H,1,5,8,11,14-22H2,2H3/t24-,25-/m0/s1. The van der Waals surface area contributed by atoms with Crippen LogP contribution in [0, 0.1) is 6.57 Å². The zero-order chi connectivity index (χ0) is 29.9. The molecule has 0 aliphatic carbocycles. The number of fused-ring (bicyclic) bond motifs is 2. The predicted octanol–water partition coefficient (Wildman–Crippen LogP) is 4.83. The van der Waals surface area contributed by atoms with Gasteiger partial charge in [0.2, 0.25) is 12.5 Å². The summed E-state index contributed by atoms with van der Waals surface area (Å²) < 4.78 is 6.34. The molecular weight excluding hydrogens is 562 g/mol. The normalized spacial score (nSPS) is 20.6. The molecule has 0 N–H and O–H groups in total. The fourth-order valence-corrected chi connectivity index (χ4v) is 7.13. The van der Waals surface area contributed by atoms with E-state index in [1.807, 2.05) is 12.1 Å². The molecule has 2 aromatic carbocycles. The second-order valence-electron chi connectivity index (χ2n) is 11.5. The lowest BCUT2D eigenvalue weighted by Crippen LogP contribution is -2.56. The average molecular weight is 600 g/mol. The lowest BCUT2D eigenvalue weighted by atomic mass is 10.0. The molecule has 2 atom stereocenters. The number of nitrogens with zero attached hydrogens (tertiary/aromatic N) is 7. The first-order chi connectivity index (χ1) is 21.0. The molecule has 3 aliphatic rings. The zero-order valence-corrected chi connectivity index (χ0v) is 25.5. The van der Waals surface area contributed by atoms with E-state index in [-0.39, 0.29) is 18.5 Å². The van der Waals surface area contributed by atoms with E-state index in [2.05, 4.69) is 57.3 Å². The minimum Gasteiger partial charge on any atom is -0.462 e. The van der Waals surface area contributed by atoms with Crippen molar-refractivity contribution in [1.29, 1.82) is 0 Å². The van der Waals surface area contributed by atoms with Crippen LogP contribution in [-0.2, 0) is 17.8 Å². The highest BCUT2D eigenvalue weighted by atomic mass is 35.5. The highest BCUT2D eigenvalue weighted by Crippen LogP contribution is 2.37. The highest BCUT2D eigenvalue weighted by molar-refractivity contribution is 6.36. The lowest BCUT2D eigenvalue weighted by molar-refractivity contribution is -0.128. The SMILES string of the molecule is [C-]#[N+]C[C@H]1CN(c2nc(OC[C@@H]3CCCN3CC)nc3c2CCN(c2cccc4cccc(Cl)c24)C3)CCN1C(=O)C=C. The number of halogens is 1. The first-order valence-corrected chi connectivity index (χ1v) is 15.6. The molecule has 0 spiro atoms. The number of benzene rings is 2. The third kappa shape index (κ3) is 5.86. The van der Waals surface area contributed by atoms with Crippen LogP contribution < -0.4 is 14.5 Å². The van der Waals surface area contributed by atoms with Crippen LogP contribution in [-0.4, -0.2) is 90.2 Å². The quantitative estimate of drug-likeness (QED) is 0.271. The Bertz CT molecular complexity index is 1550. The number of likely N-dealkylation sites (tertiary alicyclic amines) is 1. The molecule has 1 amide bonds. The van der Waals surface area contributed by atoms with Crippen molar-refractivity contribution in [2.24, 2.45) is 0 Å². The number of carbonyl (C=O) groups excluding carboxylic acids is 1. The Morgan fingerprint density at radius 1 is 1.14 bits per heavy atom. The molecule has 2 saturated heterocycles. The fraction of sp³-hybridized carbons (Fsp3) is 0.455. The van der Waals surface area contributed by atoms with E-state index in [1.54, 1.807) is 4.90 Å². The summed E-state index contributed by atoms with van der Waals surface area (Å²) in [7, 11) is 0. The van der Waals surface area contributed by atoms with Crippen LogP contribution in [0.1, 0.15) is 31.0 Å². The second-order valence-corrected chi connectivity index (χ2v) is 11.9. The van der Waals surface area contributed by atoms with Crippen LogP contribution in [0.5, 0.6) is 6.01 Å². The third-order valence-electron chi connectivity index (χ3n) is 9.05. The van der Waals surface area contributed by atoms with Crippen molar-refractivity contribution in [2.75, 3.05) is 62.2 Å². The van der Waals surface area contributed by atoms with E-state index in [9.17, 15) is 4.79 Å². The molecule has 10 heteroatoms. The minimum atomic E-state index is -0.235. The molecule has 2 fully saturated rings. The molecule has 0 unspecified atom stereocenters. The number of ether oxygens (including phenoxy) is 1. The highest BCUT2D eigenvalue weighted by Gasteiger charge is 2.35. The number of piperazine rings is 1. The van der Waals surface area contributed by atoms with E-state index in [1.165, 1.54) is 12.5 Å². The molecule has 9 nitrogen and oxygen atoms in total. The van der Waals surface area contributed by atoms with Gasteiger partial charge in [-0.1, -0.05) is 49.4 Å². The first-order valence-electron chi connectivity index (χ1n) is 15.2. The molecular formula is C33H38ClN7O2. The predicted molar refractivity (Wildman–Crippen MR) is 171 cm³/mol. The Balaban J connectivity index is 1.34. The summed E-state index contributed by atoms with van der Waals surface area (Å²) in [4.78, 5) is 35.0. The molecule has 4 heterocycles. The van der Waals surface area contributed by atoms with E-state index < -0.39 is 0 Å². The van der Waals surface area contributed by atoms with Gasteiger partial charge in [0.15, 0.2) is 0 Å². The summed E-state index contributed by atoms with van der Waals surface area (Å²) in [6.45, 7) is 19.3. The summed E-state index contributed by atoms with van der Waals surface area (Å²) in [6, 6.07) is 12.8. The van der Waals surface area contributed by atoms with E-state index in [4.69, 9.17) is 32.9 Å². The summed E-state index contributed by atoms with van der Waals surface area (Å²) in [5, 5.41) is 2.89. The molecule has 0 saturated carbocycles. The van der Waals surface area contributed by atoms with E-state index in [0.29, 0.717) is 44.8 Å². The molecule has 0 radical (unpaired) electrons. The Morgan fingerprint density at radius 2 is 1.98 bits per heavy atom. The van der Waals surface area contributed by atoms with Gasteiger partial charge in [0.05, 0.1) is 17.3 Å². The Hall–Kier alpha value is -3.87. The number of hydrogen-bond acceptors (Lipinski definition) is 7. The van der Waals surface area contributed by atoms with Crippen LogP contribution in [0.25, 0.3) is 15.6 Å². The molecule has 6 rings (SSSR count). The van der Waals surface area contributed by atoms with E-state index >= 15 is 0 Å². The van der Waals surface area contributed by atoms with Gasteiger partial charge in [-0.25, -0.2) is 6.57 Å². The van der Waals surface area contributed by atoms with Gasteiger partial charge < -0.3 is 24.3 Å². The number of rotatable bonds is 8. The Labute approximate surface area is 258 Å². The summed E-state index contributed by atoms with van der Waals surface area (Å²) >= 11 is 6.71. The minimum absolute atomic E-state index is 0.136. The van der Waals surface area contributed by atoms with Gasteiger partial charge in [0.25, 0.3) is 0 Å². The van der Waals surface area contributed by atoms with Crippen molar-refractivity contribution < 1.29 is 9.53 Å². The average Bonchev–Trinajstić information content (AvgIpc) is 3.50. The number of carbonyl (C=O) groups is 1. The molecule has 43 heavy (non-hydrogen) atoms. The van der Waals surface area contributed by atoms with Gasteiger partial charge in [-0.05, 0) is 55.9 Å². The van der Waals surface area contributed by atoms with Gasteiger partial charge in [0.1, 0.15) is 18.5 Å². The summed E-state index contributed by atoms with van der Waals surface area (Å²) in [5.74, 6) is 0.721. The second kappa shape index (κ2) is 12.8. The van der Waals surface area contributed by atoms with Crippen molar-refractivity contribution >= 4 is 39.8 Å². The fourth-order valence-electron chi connectivity index (χ4n) is 6.85. The van der Waals surface area contributed by atoms with Gasteiger partial charge >= 0.3 is 6.01 Å². The molecule has 3 aliphatic heterocycles. The van der Waals surface area contributed by atoms with Crippen LogP contribution >= 0.6 is 11.6 Å². The van der Waals surface area contributed by atoms with Crippen molar-refractivity contribution in [2.45, 2.75) is 44.8 Å². The van der Waals surface area contributed by atoms with E-state index in [0.717, 1.165) is 71.0 Å². The van der Waals surface area contributed by atoms with Crippen LogP contribution in [0.3, 0.4) is 0 Å². The summed E-state index contributed by atoms with van der Waals surface area (Å²) in [6.07, 6.45) is 4.38. The monoisotopic (exact) mass is 599 g/mol. The van der Waals surface area contributed by atoms with Crippen LogP contribution in [0.2, 0.25) is 5.02 Å². The number of aromatic nitrogens is 2. The van der Waals surface area contributed by atoms with Gasteiger partial charge in [-0.3, -0.25) is 9.69 Å². The smallest absolute Gasteiger partial charge is 0.318 e. The molecule has 1 aromatic heterocycles. The maximum Gasteiger partial charge on any atom is 0.318 e. The van der Waals surface area contributed by atoms with Crippen molar-refractivity contribution in [3.63, 3.8) is 0 Å². The third-order valence-corrected chi connectivity index (χ3v) is 9.36. The Kier molecular flexibility index (Phi) is 8.68. The largest absolute Gasteiger partial charge is 0.462 e. The maximum atomic E-state index is 12.6. The first kappa shape index (κ1) is 29.2. The lowest BCUT2D eigenvalue weighted by Gasteiger charge is -2.41. The number of likely N-dealkylation sites (N-methyl/N-ethyl adjacent to an activating group) is 1. The van der Waals surface area contributed by atoms with Crippen LogP contribution in [0.15, 0.2) is 49.1 Å². The summed E-state index contributed by atoms with van der Waals surface area (Å²) in [5.41, 5.74) is 3.14. The van der Waals surface area contributed by atoms with Gasteiger partial charge in [-0.15, -0.1) is 0 Å². The van der Waals surface area contributed by atoms with Gasteiger partial charge in [0, 0.05) is 48.9 Å². The zero-order valence-electron chi connectivity index (χ0n) is 24.7. The van der Waals surface area contributed by atoms with Gasteiger partial charge in [-0.2, -0.15) is 9.97 Å². The Morgan fingerprint density at radius 3 is 2.77 bits per heavy atom. The van der Waals surface area contributed by atoms with Crippen LogP contribution in [0.4, 0.5) is 11.5 Å². The molecule has 224 valence electrons. The number of amides is 1. The van der Waals surface area contributed by atoms with Crippen molar-refractivity contribution in [3.8, 4) is 6.01 Å². The topological polar surface area (TPSA) is 69.4 Å². The maximum absolute atomic E-state index is 12.6. The van der Waals surface area contributed by atoms with Crippen molar-refractivity contribution in [3.05, 3.63) is 76.8 Å². The number of anilines is 2. The van der Waals surface area contributed by atoms with Crippen molar-refractivity contribution in [1.82, 2.24) is 19.8 Å².